The molecule has 0 aliphatic carbocycles. The number of nitrogens with zero attached hydrogens (tertiary/aromatic N) is 4. The Labute approximate surface area is 119 Å². The average molecular weight is 291 g/mol. The summed E-state index contributed by atoms with van der Waals surface area (Å²) in [6.07, 6.45) is 3.64. The van der Waals surface area contributed by atoms with Gasteiger partial charge in [-0.1, -0.05) is 35.3 Å². The van der Waals surface area contributed by atoms with Crippen LogP contribution in [0.1, 0.15) is 0 Å². The molecule has 0 unspecified atom stereocenters. The van der Waals surface area contributed by atoms with E-state index < -0.39 is 0 Å². The fourth-order valence-electron chi connectivity index (χ4n) is 1.67. The van der Waals surface area contributed by atoms with Crippen molar-refractivity contribution < 1.29 is 0 Å². The second kappa shape index (κ2) is 4.99. The van der Waals surface area contributed by atoms with Crippen LogP contribution in [0.3, 0.4) is 0 Å². The Morgan fingerprint density at radius 1 is 0.842 bits per heavy atom. The van der Waals surface area contributed by atoms with Crippen molar-refractivity contribution in [3.8, 4) is 16.9 Å². The second-order valence-electron chi connectivity index (χ2n) is 3.89. The maximum atomic E-state index is 5.86. The predicted octanol–water partition coefficient (Wildman–Crippen LogP) is 3.64. The van der Waals surface area contributed by atoms with Crippen molar-refractivity contribution in [1.29, 1.82) is 0 Å². The molecule has 0 fully saturated rings. The van der Waals surface area contributed by atoms with Crippen LogP contribution in [0.4, 0.5) is 0 Å². The Balaban J connectivity index is 1.95. The fourth-order valence-corrected chi connectivity index (χ4v) is 1.90. The highest BCUT2D eigenvalue weighted by molar-refractivity contribution is 6.30. The zero-order chi connectivity index (χ0) is 13.2. The number of aromatic nitrogens is 4. The van der Waals surface area contributed by atoms with Crippen molar-refractivity contribution in [2.24, 2.45) is 0 Å². The Kier molecular flexibility index (Phi) is 3.19. The number of halogens is 2. The minimum absolute atomic E-state index is 0.355. The molecule has 19 heavy (non-hydrogen) atoms. The Morgan fingerprint density at radius 2 is 1.63 bits per heavy atom. The van der Waals surface area contributed by atoms with Gasteiger partial charge in [0.25, 0.3) is 0 Å². The normalized spacial score (nSPS) is 10.6. The first-order valence-corrected chi connectivity index (χ1v) is 6.28. The van der Waals surface area contributed by atoms with Gasteiger partial charge in [-0.3, -0.25) is 0 Å². The quantitative estimate of drug-likeness (QED) is 0.724. The van der Waals surface area contributed by atoms with Crippen LogP contribution >= 0.6 is 23.2 Å². The molecule has 0 radical (unpaired) electrons. The van der Waals surface area contributed by atoms with Gasteiger partial charge in [0, 0.05) is 16.8 Å². The number of hydrogen-bond donors (Lipinski definition) is 0. The lowest BCUT2D eigenvalue weighted by molar-refractivity contribution is 0.814. The van der Waals surface area contributed by atoms with E-state index in [9.17, 15) is 0 Å². The van der Waals surface area contributed by atoms with Crippen LogP contribution in [0.15, 0.2) is 48.8 Å². The van der Waals surface area contributed by atoms with Gasteiger partial charge in [-0.15, -0.1) is 10.2 Å². The van der Waals surface area contributed by atoms with E-state index in [4.69, 9.17) is 23.2 Å². The summed E-state index contributed by atoms with van der Waals surface area (Å²) in [5, 5.41) is 13.1. The Morgan fingerprint density at radius 3 is 2.32 bits per heavy atom. The maximum absolute atomic E-state index is 5.86. The summed E-state index contributed by atoms with van der Waals surface area (Å²) >= 11 is 11.6. The van der Waals surface area contributed by atoms with Crippen molar-refractivity contribution in [2.75, 3.05) is 0 Å². The standard InChI is InChI=1S/C13H8Cl2N4/c14-11-3-1-9(2-4-11)10-7-16-19(8-10)13-6-5-12(15)17-18-13/h1-8H. The highest BCUT2D eigenvalue weighted by Gasteiger charge is 2.04. The summed E-state index contributed by atoms with van der Waals surface area (Å²) in [4.78, 5) is 0. The van der Waals surface area contributed by atoms with Crippen LogP contribution < -0.4 is 0 Å². The van der Waals surface area contributed by atoms with E-state index >= 15 is 0 Å². The van der Waals surface area contributed by atoms with Crippen molar-refractivity contribution >= 4 is 23.2 Å². The Hall–Kier alpha value is -1.91. The van der Waals surface area contributed by atoms with E-state index in [0.717, 1.165) is 11.1 Å². The molecule has 0 spiro atoms. The molecule has 0 amide bonds. The molecule has 1 aromatic carbocycles. The largest absolute Gasteiger partial charge is 0.220 e. The van der Waals surface area contributed by atoms with Crippen molar-refractivity contribution in [1.82, 2.24) is 20.0 Å². The lowest BCUT2D eigenvalue weighted by atomic mass is 10.1. The van der Waals surface area contributed by atoms with Crippen LogP contribution in [0.5, 0.6) is 0 Å². The zero-order valence-corrected chi connectivity index (χ0v) is 11.2. The highest BCUT2D eigenvalue weighted by Crippen LogP contribution is 2.21. The monoisotopic (exact) mass is 290 g/mol. The van der Waals surface area contributed by atoms with E-state index in [1.54, 1.807) is 23.0 Å². The molecule has 2 aromatic heterocycles. The Bertz CT molecular complexity index is 629. The third-order valence-corrected chi connectivity index (χ3v) is 3.07. The van der Waals surface area contributed by atoms with Crippen molar-refractivity contribution in [3.05, 3.63) is 59.0 Å². The van der Waals surface area contributed by atoms with Gasteiger partial charge in [0.2, 0.25) is 0 Å². The molecule has 4 nitrogen and oxygen atoms in total. The molecule has 0 aliphatic rings. The average Bonchev–Trinajstić information content (AvgIpc) is 2.90. The molecule has 3 rings (SSSR count). The van der Waals surface area contributed by atoms with Gasteiger partial charge in [-0.25, -0.2) is 4.68 Å². The minimum atomic E-state index is 0.355. The molecule has 94 valence electrons. The molecule has 0 aliphatic heterocycles. The molecule has 0 N–H and O–H groups in total. The van der Waals surface area contributed by atoms with Gasteiger partial charge in [-0.2, -0.15) is 5.10 Å². The van der Waals surface area contributed by atoms with Crippen LogP contribution in [0.25, 0.3) is 16.9 Å². The predicted molar refractivity (Wildman–Crippen MR) is 74.6 cm³/mol. The lowest BCUT2D eigenvalue weighted by Gasteiger charge is -1.98. The molecular formula is C13H8Cl2N4. The number of benzene rings is 1. The molecule has 2 heterocycles. The van der Waals surface area contributed by atoms with Gasteiger partial charge < -0.3 is 0 Å². The molecule has 0 bridgehead atoms. The third kappa shape index (κ3) is 2.59. The van der Waals surface area contributed by atoms with Gasteiger partial charge in [0.05, 0.1) is 6.20 Å². The van der Waals surface area contributed by atoms with E-state index in [0.29, 0.717) is 16.0 Å². The van der Waals surface area contributed by atoms with Crippen LogP contribution in [0.2, 0.25) is 10.2 Å². The van der Waals surface area contributed by atoms with Crippen LogP contribution in [-0.4, -0.2) is 20.0 Å². The molecule has 0 saturated carbocycles. The summed E-state index contributed by atoms with van der Waals surface area (Å²) in [5.74, 6) is 0.615. The first kappa shape index (κ1) is 12.1. The fraction of sp³-hybridized carbons (Fsp3) is 0. The van der Waals surface area contributed by atoms with Crippen molar-refractivity contribution in [2.45, 2.75) is 0 Å². The molecule has 0 saturated heterocycles. The summed E-state index contributed by atoms with van der Waals surface area (Å²) < 4.78 is 1.65. The summed E-state index contributed by atoms with van der Waals surface area (Å²) in [7, 11) is 0. The zero-order valence-electron chi connectivity index (χ0n) is 9.66. The highest BCUT2D eigenvalue weighted by atomic mass is 35.5. The number of hydrogen-bond acceptors (Lipinski definition) is 3. The van der Waals surface area contributed by atoms with Gasteiger partial charge in [0.15, 0.2) is 11.0 Å². The molecule has 3 aromatic rings. The first-order chi connectivity index (χ1) is 9.22. The second-order valence-corrected chi connectivity index (χ2v) is 4.72. The van der Waals surface area contributed by atoms with Gasteiger partial charge in [0.1, 0.15) is 0 Å². The SMILES string of the molecule is Clc1ccc(-c2cnn(-c3ccc(Cl)nn3)c2)cc1. The smallest absolute Gasteiger partial charge is 0.175 e. The van der Waals surface area contributed by atoms with Crippen molar-refractivity contribution in [3.63, 3.8) is 0 Å². The van der Waals surface area contributed by atoms with Crippen LogP contribution in [-0.2, 0) is 0 Å². The molecular weight excluding hydrogens is 283 g/mol. The lowest BCUT2D eigenvalue weighted by Crippen LogP contribution is -1.98. The van der Waals surface area contributed by atoms with Gasteiger partial charge in [-0.05, 0) is 29.8 Å². The maximum Gasteiger partial charge on any atom is 0.175 e. The summed E-state index contributed by atoms with van der Waals surface area (Å²) in [6, 6.07) is 11.0. The van der Waals surface area contributed by atoms with Gasteiger partial charge >= 0.3 is 0 Å². The molecule has 6 heteroatoms. The molecule has 0 atom stereocenters. The number of rotatable bonds is 2. The first-order valence-electron chi connectivity index (χ1n) is 5.52. The summed E-state index contributed by atoms with van der Waals surface area (Å²) in [5.41, 5.74) is 2.02. The van der Waals surface area contributed by atoms with E-state index in [2.05, 4.69) is 15.3 Å². The summed E-state index contributed by atoms with van der Waals surface area (Å²) in [6.45, 7) is 0. The van der Waals surface area contributed by atoms with Crippen LogP contribution in [0, 0.1) is 0 Å². The topological polar surface area (TPSA) is 43.6 Å². The third-order valence-electron chi connectivity index (χ3n) is 2.61. The van der Waals surface area contributed by atoms with E-state index in [1.807, 2.05) is 30.5 Å². The van der Waals surface area contributed by atoms with E-state index in [1.165, 1.54) is 0 Å². The minimum Gasteiger partial charge on any atom is -0.220 e. The van der Waals surface area contributed by atoms with E-state index in [-0.39, 0.29) is 0 Å².